The zero-order valence-corrected chi connectivity index (χ0v) is 14.8. The van der Waals surface area contributed by atoms with E-state index >= 15 is 0 Å². The molecule has 0 aromatic heterocycles. The van der Waals surface area contributed by atoms with Gasteiger partial charge in [-0.2, -0.15) is 0 Å². The van der Waals surface area contributed by atoms with E-state index in [1.165, 1.54) is 0 Å². The van der Waals surface area contributed by atoms with Gasteiger partial charge in [0.15, 0.2) is 0 Å². The molecule has 2 N–H and O–H groups in total. The van der Waals surface area contributed by atoms with Gasteiger partial charge in [-0.25, -0.2) is 9.59 Å². The molecule has 1 atom stereocenters. The summed E-state index contributed by atoms with van der Waals surface area (Å²) in [5.41, 5.74) is 2.42. The zero-order valence-electron chi connectivity index (χ0n) is 14.8. The average molecular weight is 321 g/mol. The van der Waals surface area contributed by atoms with Gasteiger partial charge in [-0.1, -0.05) is 32.0 Å². The van der Waals surface area contributed by atoms with E-state index in [1.54, 1.807) is 20.8 Å². The first-order valence-electron chi connectivity index (χ1n) is 7.82. The summed E-state index contributed by atoms with van der Waals surface area (Å²) >= 11 is 0. The Bertz CT molecular complexity index is 573. The normalized spacial score (nSPS) is 12.8. The Hall–Kier alpha value is -2.04. The second kappa shape index (κ2) is 7.49. The molecule has 1 aromatic carbocycles. The topological polar surface area (TPSA) is 75.6 Å². The highest BCUT2D eigenvalue weighted by Crippen LogP contribution is 2.24. The van der Waals surface area contributed by atoms with Crippen LogP contribution in [0, 0.1) is 6.92 Å². The fourth-order valence-corrected chi connectivity index (χ4v) is 2.40. The molecule has 0 radical (unpaired) electrons. The predicted molar refractivity (Wildman–Crippen MR) is 89.8 cm³/mol. The van der Waals surface area contributed by atoms with E-state index in [0.29, 0.717) is 0 Å². The molecular weight excluding hydrogens is 294 g/mol. The van der Waals surface area contributed by atoms with Crippen molar-refractivity contribution in [3.8, 4) is 0 Å². The Morgan fingerprint density at radius 2 is 1.87 bits per heavy atom. The van der Waals surface area contributed by atoms with Gasteiger partial charge in [0, 0.05) is 6.42 Å². The van der Waals surface area contributed by atoms with Crippen LogP contribution < -0.4 is 5.32 Å². The maximum absolute atomic E-state index is 11.9. The Kier molecular flexibility index (Phi) is 6.19. The highest BCUT2D eigenvalue weighted by atomic mass is 16.6. The van der Waals surface area contributed by atoms with Gasteiger partial charge < -0.3 is 15.2 Å². The smallest absolute Gasteiger partial charge is 0.408 e. The van der Waals surface area contributed by atoms with Crippen LogP contribution in [-0.4, -0.2) is 28.8 Å². The van der Waals surface area contributed by atoms with Crippen LogP contribution in [0.2, 0.25) is 0 Å². The summed E-state index contributed by atoms with van der Waals surface area (Å²) in [7, 11) is 0. The number of ether oxygens (including phenoxy) is 1. The lowest BCUT2D eigenvalue weighted by atomic mass is 9.90. The van der Waals surface area contributed by atoms with Crippen LogP contribution in [0.5, 0.6) is 0 Å². The number of aryl methyl sites for hydroxylation is 1. The van der Waals surface area contributed by atoms with Crippen molar-refractivity contribution in [3.63, 3.8) is 0 Å². The molecular formula is C18H27NO4. The second-order valence-electron chi connectivity index (χ2n) is 7.04. The Morgan fingerprint density at radius 1 is 1.26 bits per heavy atom. The van der Waals surface area contributed by atoms with Crippen LogP contribution in [0.15, 0.2) is 18.2 Å². The third-order valence-electron chi connectivity index (χ3n) is 3.47. The number of hydrogen-bond acceptors (Lipinski definition) is 3. The van der Waals surface area contributed by atoms with Crippen LogP contribution >= 0.6 is 0 Å². The van der Waals surface area contributed by atoms with E-state index in [9.17, 15) is 14.7 Å². The number of amides is 1. The average Bonchev–Trinajstić information content (AvgIpc) is 2.37. The van der Waals surface area contributed by atoms with Crippen molar-refractivity contribution in [2.45, 2.75) is 65.5 Å². The summed E-state index contributed by atoms with van der Waals surface area (Å²) in [6, 6.07) is 4.89. The van der Waals surface area contributed by atoms with Crippen LogP contribution in [0.4, 0.5) is 4.79 Å². The lowest BCUT2D eigenvalue weighted by molar-refractivity contribution is -0.139. The Labute approximate surface area is 138 Å². The van der Waals surface area contributed by atoms with Gasteiger partial charge in [-0.3, -0.25) is 0 Å². The first-order valence-corrected chi connectivity index (χ1v) is 7.82. The van der Waals surface area contributed by atoms with E-state index in [-0.39, 0.29) is 12.3 Å². The van der Waals surface area contributed by atoms with E-state index in [2.05, 4.69) is 19.2 Å². The minimum Gasteiger partial charge on any atom is -0.480 e. The monoisotopic (exact) mass is 321 g/mol. The largest absolute Gasteiger partial charge is 0.480 e. The van der Waals surface area contributed by atoms with Crippen molar-refractivity contribution in [2.24, 2.45) is 0 Å². The van der Waals surface area contributed by atoms with E-state index in [0.717, 1.165) is 16.7 Å². The minimum atomic E-state index is -1.08. The van der Waals surface area contributed by atoms with Gasteiger partial charge in [0.25, 0.3) is 0 Å². The first kappa shape index (κ1) is 19.0. The summed E-state index contributed by atoms with van der Waals surface area (Å²) < 4.78 is 5.15. The van der Waals surface area contributed by atoms with Gasteiger partial charge in [0.1, 0.15) is 11.6 Å². The Balaban J connectivity index is 2.98. The predicted octanol–water partition coefficient (Wildman–Crippen LogP) is 3.64. The van der Waals surface area contributed by atoms with E-state index < -0.39 is 23.7 Å². The summed E-state index contributed by atoms with van der Waals surface area (Å²) in [4.78, 5) is 23.4. The molecule has 128 valence electrons. The quantitative estimate of drug-likeness (QED) is 0.868. The molecule has 0 heterocycles. The fourth-order valence-electron chi connectivity index (χ4n) is 2.40. The number of carbonyl (C=O) groups is 2. The molecule has 23 heavy (non-hydrogen) atoms. The maximum Gasteiger partial charge on any atom is 0.408 e. The standard InChI is InChI=1S/C18H27NO4/c1-11(2)13-9-7-8-12(3)14(13)10-15(16(20)21)19-17(22)23-18(4,5)6/h7-9,11,15H,10H2,1-6H3,(H,19,22)(H,20,21)/t15-/m0/s1. The van der Waals surface area contributed by atoms with E-state index in [4.69, 9.17) is 4.74 Å². The number of benzene rings is 1. The summed E-state index contributed by atoms with van der Waals surface area (Å²) in [6.45, 7) is 11.3. The van der Waals surface area contributed by atoms with Crippen LogP contribution in [0.25, 0.3) is 0 Å². The number of aliphatic carboxylic acids is 1. The molecule has 0 saturated carbocycles. The number of rotatable bonds is 5. The number of carboxylic acid groups (broad SMARTS) is 1. The molecule has 1 amide bonds. The number of carbonyl (C=O) groups excluding carboxylic acids is 1. The third kappa shape index (κ3) is 5.93. The third-order valence-corrected chi connectivity index (χ3v) is 3.47. The van der Waals surface area contributed by atoms with Crippen LogP contribution in [0.3, 0.4) is 0 Å². The Morgan fingerprint density at radius 3 is 2.35 bits per heavy atom. The highest BCUT2D eigenvalue weighted by molar-refractivity contribution is 5.80. The molecule has 0 fully saturated rings. The molecule has 0 saturated heterocycles. The first-order chi connectivity index (χ1) is 10.5. The SMILES string of the molecule is Cc1cccc(C(C)C)c1C[C@H](NC(=O)OC(C)(C)C)C(=O)O. The fraction of sp³-hybridized carbons (Fsp3) is 0.556. The number of nitrogens with one attached hydrogen (secondary N) is 1. The van der Waals surface area contributed by atoms with E-state index in [1.807, 2.05) is 25.1 Å². The van der Waals surface area contributed by atoms with Crippen LogP contribution in [0.1, 0.15) is 57.2 Å². The molecule has 0 unspecified atom stereocenters. The molecule has 0 bridgehead atoms. The molecule has 0 aliphatic carbocycles. The number of hydrogen-bond donors (Lipinski definition) is 2. The molecule has 0 aliphatic heterocycles. The lowest BCUT2D eigenvalue weighted by Crippen LogP contribution is -2.44. The van der Waals surface area contributed by atoms with Crippen LogP contribution in [-0.2, 0) is 16.0 Å². The summed E-state index contributed by atoms with van der Waals surface area (Å²) in [6.07, 6.45) is -0.487. The van der Waals surface area contributed by atoms with Crippen molar-refractivity contribution in [2.75, 3.05) is 0 Å². The van der Waals surface area contributed by atoms with Crippen molar-refractivity contribution >= 4 is 12.1 Å². The number of carboxylic acids is 1. The number of alkyl carbamates (subject to hydrolysis) is 1. The van der Waals surface area contributed by atoms with Gasteiger partial charge >= 0.3 is 12.1 Å². The second-order valence-corrected chi connectivity index (χ2v) is 7.04. The van der Waals surface area contributed by atoms with Crippen molar-refractivity contribution < 1.29 is 19.4 Å². The zero-order chi connectivity index (χ0) is 17.8. The minimum absolute atomic E-state index is 0.231. The summed E-state index contributed by atoms with van der Waals surface area (Å²) in [5, 5.41) is 11.9. The highest BCUT2D eigenvalue weighted by Gasteiger charge is 2.25. The van der Waals surface area contributed by atoms with Gasteiger partial charge in [0.2, 0.25) is 0 Å². The molecule has 0 spiro atoms. The van der Waals surface area contributed by atoms with Gasteiger partial charge in [-0.05, 0) is 50.3 Å². The molecule has 0 aliphatic rings. The van der Waals surface area contributed by atoms with Crippen molar-refractivity contribution in [1.29, 1.82) is 0 Å². The van der Waals surface area contributed by atoms with Crippen molar-refractivity contribution in [1.82, 2.24) is 5.32 Å². The molecule has 5 heteroatoms. The summed E-state index contributed by atoms with van der Waals surface area (Å²) in [5.74, 6) is -0.797. The van der Waals surface area contributed by atoms with Crippen molar-refractivity contribution in [3.05, 3.63) is 34.9 Å². The maximum atomic E-state index is 11.9. The molecule has 5 nitrogen and oxygen atoms in total. The van der Waals surface area contributed by atoms with Gasteiger partial charge in [-0.15, -0.1) is 0 Å². The van der Waals surface area contributed by atoms with Gasteiger partial charge in [0.05, 0.1) is 0 Å². The molecule has 1 aromatic rings. The molecule has 1 rings (SSSR count). The lowest BCUT2D eigenvalue weighted by Gasteiger charge is -2.23.